The summed E-state index contributed by atoms with van der Waals surface area (Å²) in [5, 5.41) is 30.0. The maximum absolute atomic E-state index is 8.24. The fourth-order valence-corrected chi connectivity index (χ4v) is 2.06. The van der Waals surface area contributed by atoms with Crippen molar-refractivity contribution in [1.29, 1.82) is 10.5 Å². The van der Waals surface area contributed by atoms with Crippen LogP contribution in [-0.4, -0.2) is 19.9 Å². The van der Waals surface area contributed by atoms with Crippen molar-refractivity contribution < 1.29 is 26.7 Å². The Bertz CT molecular complexity index is 864. The van der Waals surface area contributed by atoms with Crippen LogP contribution in [0, 0.1) is 23.0 Å². The molecule has 0 atom stereocenters. The summed E-state index contributed by atoms with van der Waals surface area (Å²) in [6.45, 7) is 0. The average Bonchev–Trinajstić information content (AvgIpc) is 2.83. The molecule has 0 N–H and O–H groups in total. The van der Waals surface area contributed by atoms with E-state index in [4.69, 9.17) is 20.7 Å². The van der Waals surface area contributed by atoms with Gasteiger partial charge in [0.25, 0.3) is 0 Å². The first-order valence-corrected chi connectivity index (χ1v) is 8.44. The molecule has 4 aromatic rings. The zero-order chi connectivity index (χ0) is 21.9. The van der Waals surface area contributed by atoms with Gasteiger partial charge in [-0.1, -0.05) is 24.3 Å². The van der Waals surface area contributed by atoms with Crippen molar-refractivity contribution in [1.82, 2.24) is 19.9 Å². The van der Waals surface area contributed by atoms with Gasteiger partial charge in [0.05, 0.1) is 22.8 Å². The van der Waals surface area contributed by atoms with E-state index in [0.717, 1.165) is 22.8 Å². The first-order valence-electron chi connectivity index (χ1n) is 8.44. The van der Waals surface area contributed by atoms with Crippen LogP contribution in [-0.2, 0) is 16.5 Å². The van der Waals surface area contributed by atoms with Gasteiger partial charge in [-0.05, 0) is 48.5 Å². The molecule has 4 aromatic heterocycles. The molecule has 0 radical (unpaired) electrons. The standard InChI is InChI=1S/2C10H8N2.2CHNO.Ni/c2*1-3-7-11-9(5-1)10-6-2-4-8-12-10;2*2-1-3;/h2*1-8H;2*3H;/q;;;;+2/p-2. The van der Waals surface area contributed by atoms with E-state index in [1.54, 1.807) is 24.8 Å². The molecule has 4 rings (SSSR count). The smallest absolute Gasteiger partial charge is 0.812 e. The van der Waals surface area contributed by atoms with Gasteiger partial charge < -0.3 is 10.2 Å². The van der Waals surface area contributed by atoms with Crippen LogP contribution in [0.5, 0.6) is 0 Å². The van der Waals surface area contributed by atoms with E-state index in [9.17, 15) is 0 Å². The topological polar surface area (TPSA) is 145 Å². The molecule has 8 nitrogen and oxygen atoms in total. The van der Waals surface area contributed by atoms with Gasteiger partial charge >= 0.3 is 16.5 Å². The van der Waals surface area contributed by atoms with Crippen molar-refractivity contribution in [3.8, 4) is 35.3 Å². The first-order chi connectivity index (χ1) is 14.8. The SMILES string of the molecule is N#C[O-].N#C[O-].[Ni+2].c1ccc(-c2ccccn2)nc1.c1ccc(-c2ccccn2)nc1. The number of hydrogen-bond donors (Lipinski definition) is 0. The Balaban J connectivity index is 0.000000453. The molecule has 0 fully saturated rings. The van der Waals surface area contributed by atoms with Crippen LogP contribution < -0.4 is 10.2 Å². The van der Waals surface area contributed by atoms with E-state index in [0.29, 0.717) is 12.5 Å². The molecule has 0 aromatic carbocycles. The molecule has 0 bridgehead atoms. The van der Waals surface area contributed by atoms with Crippen LogP contribution in [0.1, 0.15) is 0 Å². The van der Waals surface area contributed by atoms with Gasteiger partial charge in [-0.2, -0.15) is 0 Å². The summed E-state index contributed by atoms with van der Waals surface area (Å²) in [5.41, 5.74) is 3.66. The summed E-state index contributed by atoms with van der Waals surface area (Å²) < 4.78 is 0. The van der Waals surface area contributed by atoms with Crippen molar-refractivity contribution in [2.24, 2.45) is 0 Å². The van der Waals surface area contributed by atoms with E-state index in [2.05, 4.69) is 19.9 Å². The summed E-state index contributed by atoms with van der Waals surface area (Å²) >= 11 is 0. The minimum atomic E-state index is 0. The van der Waals surface area contributed by atoms with E-state index in [1.807, 2.05) is 72.8 Å². The number of rotatable bonds is 2. The van der Waals surface area contributed by atoms with Crippen LogP contribution in [0.25, 0.3) is 22.8 Å². The Morgan fingerprint density at radius 3 is 0.806 bits per heavy atom. The second-order valence-corrected chi connectivity index (χ2v) is 5.04. The summed E-state index contributed by atoms with van der Waals surface area (Å²) in [5.74, 6) is 0. The van der Waals surface area contributed by atoms with Gasteiger partial charge in [0.15, 0.2) is 0 Å². The van der Waals surface area contributed by atoms with Crippen molar-refractivity contribution in [3.63, 3.8) is 0 Å². The minimum Gasteiger partial charge on any atom is -0.812 e. The second kappa shape index (κ2) is 17.8. The zero-order valence-electron chi connectivity index (χ0n) is 16.1. The van der Waals surface area contributed by atoms with E-state index in [1.165, 1.54) is 0 Å². The van der Waals surface area contributed by atoms with Gasteiger partial charge in [-0.25, -0.2) is 10.5 Å². The predicted molar refractivity (Wildman–Crippen MR) is 106 cm³/mol. The van der Waals surface area contributed by atoms with Gasteiger partial charge in [-0.15, -0.1) is 0 Å². The maximum Gasteiger partial charge on any atom is 2.00 e. The quantitative estimate of drug-likeness (QED) is 0.329. The Morgan fingerprint density at radius 1 is 0.484 bits per heavy atom. The summed E-state index contributed by atoms with van der Waals surface area (Å²) in [4.78, 5) is 16.7. The fourth-order valence-electron chi connectivity index (χ4n) is 2.06. The van der Waals surface area contributed by atoms with Crippen LogP contribution in [0.4, 0.5) is 0 Å². The summed E-state index contributed by atoms with van der Waals surface area (Å²) in [7, 11) is 0. The number of pyridine rings is 4. The van der Waals surface area contributed by atoms with Gasteiger partial charge in [0.1, 0.15) is 0 Å². The zero-order valence-corrected chi connectivity index (χ0v) is 17.0. The van der Waals surface area contributed by atoms with Crippen molar-refractivity contribution in [2.45, 2.75) is 0 Å². The van der Waals surface area contributed by atoms with Crippen molar-refractivity contribution in [3.05, 3.63) is 97.6 Å². The van der Waals surface area contributed by atoms with Crippen LogP contribution in [0.3, 0.4) is 0 Å². The Labute approximate surface area is 190 Å². The van der Waals surface area contributed by atoms with Gasteiger partial charge in [0, 0.05) is 37.3 Å². The molecule has 31 heavy (non-hydrogen) atoms. The van der Waals surface area contributed by atoms with E-state index in [-0.39, 0.29) is 16.5 Å². The molecule has 0 unspecified atom stereocenters. The Hall–Kier alpha value is -4.33. The molecule has 0 saturated carbocycles. The van der Waals surface area contributed by atoms with Crippen LogP contribution in [0.15, 0.2) is 97.6 Å². The molecule has 0 aliphatic carbocycles. The maximum atomic E-state index is 8.24. The van der Waals surface area contributed by atoms with E-state index < -0.39 is 0 Å². The molecular formula is C22H16N6NiO2. The molecule has 0 saturated heterocycles. The molecule has 4 heterocycles. The third kappa shape index (κ3) is 11.3. The van der Waals surface area contributed by atoms with E-state index >= 15 is 0 Å². The number of hydrogen-bond acceptors (Lipinski definition) is 8. The summed E-state index contributed by atoms with van der Waals surface area (Å²) in [6, 6.07) is 23.2. The third-order valence-electron chi connectivity index (χ3n) is 3.18. The number of nitrogens with zero attached hydrogens (tertiary/aromatic N) is 6. The monoisotopic (exact) mass is 454 g/mol. The van der Waals surface area contributed by atoms with Crippen LogP contribution in [0.2, 0.25) is 0 Å². The first kappa shape index (κ1) is 26.7. The molecule has 0 aliphatic heterocycles. The third-order valence-corrected chi connectivity index (χ3v) is 3.18. The predicted octanol–water partition coefficient (Wildman–Crippen LogP) is 1.94. The van der Waals surface area contributed by atoms with Crippen molar-refractivity contribution >= 4 is 0 Å². The molecule has 9 heteroatoms. The fraction of sp³-hybridized carbons (Fsp3) is 0. The normalized spacial score (nSPS) is 7.94. The van der Waals surface area contributed by atoms with Crippen molar-refractivity contribution in [2.75, 3.05) is 0 Å². The Kier molecular flexibility index (Phi) is 15.3. The number of nitriles is 2. The minimum absolute atomic E-state index is 0. The van der Waals surface area contributed by atoms with Crippen LogP contribution >= 0.6 is 0 Å². The summed E-state index contributed by atoms with van der Waals surface area (Å²) in [6.07, 6.45) is 8.07. The molecule has 0 spiro atoms. The molecule has 0 amide bonds. The molecule has 156 valence electrons. The molecular weight excluding hydrogens is 439 g/mol. The largest absolute Gasteiger partial charge is 2.00 e. The van der Waals surface area contributed by atoms with Gasteiger partial charge in [-0.3, -0.25) is 19.9 Å². The van der Waals surface area contributed by atoms with Gasteiger partial charge in [0.2, 0.25) is 0 Å². The second-order valence-electron chi connectivity index (χ2n) is 5.04. The number of aromatic nitrogens is 4. The molecule has 0 aliphatic rings. The Morgan fingerprint density at radius 2 is 0.677 bits per heavy atom. The average molecular weight is 455 g/mol.